The fraction of sp³-hybridized carbons (Fsp3) is 0.750. The van der Waals surface area contributed by atoms with Gasteiger partial charge in [-0.05, 0) is 38.2 Å². The standard InChI is InChI=1S/C16H26N4O2/c1-22-13-8-7-12(11-13)18-16(21)19-14-5-2-3-6-15(14)20-10-4-9-17-20/h4,9-10,12-15H,2-3,5-8,11H2,1H3,(H2,18,19,21)/t12-,13+,14-,15+/m0/s1. The lowest BCUT2D eigenvalue weighted by molar-refractivity contribution is 0.107. The molecule has 0 aromatic carbocycles. The van der Waals surface area contributed by atoms with Crippen molar-refractivity contribution in [2.24, 2.45) is 0 Å². The van der Waals surface area contributed by atoms with Crippen LogP contribution in [0.15, 0.2) is 18.5 Å². The van der Waals surface area contributed by atoms with Crippen molar-refractivity contribution >= 4 is 6.03 Å². The predicted octanol–water partition coefficient (Wildman–Crippen LogP) is 2.23. The van der Waals surface area contributed by atoms with Gasteiger partial charge in [-0.2, -0.15) is 5.10 Å². The molecule has 0 aliphatic heterocycles. The molecule has 0 bridgehead atoms. The van der Waals surface area contributed by atoms with Crippen LogP contribution in [0.25, 0.3) is 0 Å². The summed E-state index contributed by atoms with van der Waals surface area (Å²) in [4.78, 5) is 12.3. The van der Waals surface area contributed by atoms with Gasteiger partial charge in [0.15, 0.2) is 0 Å². The van der Waals surface area contributed by atoms with Crippen LogP contribution in [-0.4, -0.2) is 41.1 Å². The third kappa shape index (κ3) is 3.61. The number of hydrogen-bond donors (Lipinski definition) is 2. The number of carbonyl (C=O) groups is 1. The largest absolute Gasteiger partial charge is 0.381 e. The van der Waals surface area contributed by atoms with Crippen LogP contribution in [0, 0.1) is 0 Å². The average molecular weight is 306 g/mol. The van der Waals surface area contributed by atoms with Crippen molar-refractivity contribution in [3.63, 3.8) is 0 Å². The monoisotopic (exact) mass is 306 g/mol. The normalized spacial score (nSPS) is 31.9. The van der Waals surface area contributed by atoms with E-state index in [-0.39, 0.29) is 30.3 Å². The molecular formula is C16H26N4O2. The Bertz CT molecular complexity index is 477. The summed E-state index contributed by atoms with van der Waals surface area (Å²) in [5.41, 5.74) is 0. The van der Waals surface area contributed by atoms with Gasteiger partial charge < -0.3 is 15.4 Å². The summed E-state index contributed by atoms with van der Waals surface area (Å²) in [7, 11) is 1.74. The van der Waals surface area contributed by atoms with Crippen molar-refractivity contribution in [1.82, 2.24) is 20.4 Å². The molecule has 1 aromatic rings. The Hall–Kier alpha value is -1.56. The topological polar surface area (TPSA) is 68.2 Å². The Kier molecular flexibility index (Phi) is 4.97. The molecule has 4 atom stereocenters. The number of nitrogens with one attached hydrogen (secondary N) is 2. The predicted molar refractivity (Wildman–Crippen MR) is 83.6 cm³/mol. The lowest BCUT2D eigenvalue weighted by Gasteiger charge is -2.32. The Morgan fingerprint density at radius 1 is 1.23 bits per heavy atom. The zero-order valence-electron chi connectivity index (χ0n) is 13.2. The molecule has 22 heavy (non-hydrogen) atoms. The van der Waals surface area contributed by atoms with E-state index in [9.17, 15) is 4.79 Å². The Morgan fingerprint density at radius 2 is 2.09 bits per heavy atom. The van der Waals surface area contributed by atoms with Crippen LogP contribution < -0.4 is 10.6 Å². The van der Waals surface area contributed by atoms with Crippen molar-refractivity contribution < 1.29 is 9.53 Å². The van der Waals surface area contributed by atoms with Crippen molar-refractivity contribution in [3.8, 4) is 0 Å². The summed E-state index contributed by atoms with van der Waals surface area (Å²) in [6, 6.07) is 2.55. The first-order valence-corrected chi connectivity index (χ1v) is 8.35. The first kappa shape index (κ1) is 15.3. The smallest absolute Gasteiger partial charge is 0.315 e. The number of hydrogen-bond acceptors (Lipinski definition) is 3. The third-order valence-corrected chi connectivity index (χ3v) is 4.96. The van der Waals surface area contributed by atoms with E-state index in [1.807, 2.05) is 16.9 Å². The highest BCUT2D eigenvalue weighted by Crippen LogP contribution is 2.28. The fourth-order valence-corrected chi connectivity index (χ4v) is 3.75. The molecule has 2 fully saturated rings. The van der Waals surface area contributed by atoms with Gasteiger partial charge in [0.1, 0.15) is 0 Å². The van der Waals surface area contributed by atoms with Crippen molar-refractivity contribution in [3.05, 3.63) is 18.5 Å². The van der Waals surface area contributed by atoms with Crippen LogP contribution in [0.5, 0.6) is 0 Å². The van der Waals surface area contributed by atoms with E-state index in [2.05, 4.69) is 15.7 Å². The molecule has 2 aliphatic rings. The maximum atomic E-state index is 12.3. The molecule has 0 spiro atoms. The van der Waals surface area contributed by atoms with E-state index in [1.54, 1.807) is 13.3 Å². The highest BCUT2D eigenvalue weighted by atomic mass is 16.5. The average Bonchev–Trinajstić information content (AvgIpc) is 3.19. The van der Waals surface area contributed by atoms with Crippen LogP contribution in [0.4, 0.5) is 4.79 Å². The molecule has 6 nitrogen and oxygen atoms in total. The molecule has 122 valence electrons. The number of carbonyl (C=O) groups excluding carboxylic acids is 1. The SMILES string of the molecule is CO[C@@H]1CC[C@H](NC(=O)N[C@H]2CCCC[C@H]2n2cccn2)C1. The summed E-state index contributed by atoms with van der Waals surface area (Å²) >= 11 is 0. The number of aromatic nitrogens is 2. The molecule has 2 aliphatic carbocycles. The minimum atomic E-state index is -0.0502. The van der Waals surface area contributed by atoms with Gasteiger partial charge in [-0.1, -0.05) is 12.8 Å². The molecule has 6 heteroatoms. The number of rotatable bonds is 4. The van der Waals surface area contributed by atoms with E-state index in [0.29, 0.717) is 0 Å². The van der Waals surface area contributed by atoms with Gasteiger partial charge in [0.05, 0.1) is 18.2 Å². The van der Waals surface area contributed by atoms with E-state index in [0.717, 1.165) is 38.5 Å². The molecule has 2 N–H and O–H groups in total. The van der Waals surface area contributed by atoms with E-state index < -0.39 is 0 Å². The molecule has 2 amide bonds. The lowest BCUT2D eigenvalue weighted by Crippen LogP contribution is -2.49. The minimum absolute atomic E-state index is 0.0502. The van der Waals surface area contributed by atoms with E-state index in [1.165, 1.54) is 6.42 Å². The van der Waals surface area contributed by atoms with Gasteiger partial charge in [-0.3, -0.25) is 4.68 Å². The van der Waals surface area contributed by atoms with Gasteiger partial charge in [0, 0.05) is 25.5 Å². The summed E-state index contributed by atoms with van der Waals surface area (Å²) in [6.45, 7) is 0. The molecule has 0 radical (unpaired) electrons. The fourth-order valence-electron chi connectivity index (χ4n) is 3.75. The van der Waals surface area contributed by atoms with Gasteiger partial charge in [-0.15, -0.1) is 0 Å². The molecule has 0 unspecified atom stereocenters. The van der Waals surface area contributed by atoms with Crippen LogP contribution in [0.3, 0.4) is 0 Å². The molecule has 3 rings (SSSR count). The van der Waals surface area contributed by atoms with Gasteiger partial charge >= 0.3 is 6.03 Å². The van der Waals surface area contributed by atoms with Crippen molar-refractivity contribution in [2.45, 2.75) is 69.2 Å². The number of methoxy groups -OCH3 is 1. The molecule has 1 aromatic heterocycles. The van der Waals surface area contributed by atoms with E-state index in [4.69, 9.17) is 4.74 Å². The summed E-state index contributed by atoms with van der Waals surface area (Å²) in [5.74, 6) is 0. The zero-order chi connectivity index (χ0) is 15.4. The number of amides is 2. The number of ether oxygens (including phenoxy) is 1. The highest BCUT2D eigenvalue weighted by Gasteiger charge is 2.30. The zero-order valence-corrected chi connectivity index (χ0v) is 13.2. The second-order valence-corrected chi connectivity index (χ2v) is 6.43. The number of urea groups is 1. The quantitative estimate of drug-likeness (QED) is 0.896. The first-order valence-electron chi connectivity index (χ1n) is 8.35. The van der Waals surface area contributed by atoms with Gasteiger partial charge in [0.25, 0.3) is 0 Å². The first-order chi connectivity index (χ1) is 10.8. The maximum absolute atomic E-state index is 12.3. The van der Waals surface area contributed by atoms with Crippen LogP contribution >= 0.6 is 0 Å². The summed E-state index contributed by atoms with van der Waals surface area (Å²) in [5, 5.41) is 10.6. The molecule has 0 saturated heterocycles. The van der Waals surface area contributed by atoms with Crippen LogP contribution in [-0.2, 0) is 4.74 Å². The molecule has 2 saturated carbocycles. The Labute approximate surface area is 131 Å². The lowest BCUT2D eigenvalue weighted by atomic mass is 9.90. The Balaban J connectivity index is 1.53. The minimum Gasteiger partial charge on any atom is -0.381 e. The van der Waals surface area contributed by atoms with Gasteiger partial charge in [-0.25, -0.2) is 4.79 Å². The summed E-state index contributed by atoms with van der Waals surface area (Å²) in [6.07, 6.45) is 11.5. The second kappa shape index (κ2) is 7.13. The maximum Gasteiger partial charge on any atom is 0.315 e. The molecule has 1 heterocycles. The third-order valence-electron chi connectivity index (χ3n) is 4.96. The van der Waals surface area contributed by atoms with Gasteiger partial charge in [0.2, 0.25) is 0 Å². The number of nitrogens with zero attached hydrogens (tertiary/aromatic N) is 2. The summed E-state index contributed by atoms with van der Waals surface area (Å²) < 4.78 is 7.34. The van der Waals surface area contributed by atoms with Crippen molar-refractivity contribution in [2.75, 3.05) is 7.11 Å². The highest BCUT2D eigenvalue weighted by molar-refractivity contribution is 5.74. The Morgan fingerprint density at radius 3 is 2.82 bits per heavy atom. The second-order valence-electron chi connectivity index (χ2n) is 6.43. The van der Waals surface area contributed by atoms with Crippen LogP contribution in [0.2, 0.25) is 0 Å². The van der Waals surface area contributed by atoms with Crippen LogP contribution in [0.1, 0.15) is 51.0 Å². The van der Waals surface area contributed by atoms with Crippen molar-refractivity contribution in [1.29, 1.82) is 0 Å². The van der Waals surface area contributed by atoms with E-state index >= 15 is 0 Å². The molecular weight excluding hydrogens is 280 g/mol.